The van der Waals surface area contributed by atoms with E-state index in [0.29, 0.717) is 27.5 Å². The standard InChI is InChI=1S/C16H19ClN4O2S/c1-23-13-6-5-11(17)9-12(13)15-18-16(20-19-15)24-10-14(22)21-7-3-2-4-8-21/h5-6,9H,2-4,7-8,10H2,1H3,(H,18,19,20). The fourth-order valence-electron chi connectivity index (χ4n) is 2.66. The zero-order valence-corrected chi connectivity index (χ0v) is 15.0. The number of methoxy groups -OCH3 is 1. The number of rotatable bonds is 5. The zero-order chi connectivity index (χ0) is 16.9. The summed E-state index contributed by atoms with van der Waals surface area (Å²) in [6, 6.07) is 5.31. The first-order valence-electron chi connectivity index (χ1n) is 7.84. The third-order valence-electron chi connectivity index (χ3n) is 3.92. The first-order chi connectivity index (χ1) is 11.7. The Kier molecular flexibility index (Phi) is 5.63. The Morgan fingerprint density at radius 1 is 1.38 bits per heavy atom. The van der Waals surface area contributed by atoms with Gasteiger partial charge in [-0.05, 0) is 37.5 Å². The van der Waals surface area contributed by atoms with Crippen molar-refractivity contribution in [2.75, 3.05) is 26.0 Å². The van der Waals surface area contributed by atoms with E-state index >= 15 is 0 Å². The average Bonchev–Trinajstić information content (AvgIpc) is 3.09. The fraction of sp³-hybridized carbons (Fsp3) is 0.438. The molecule has 1 aromatic carbocycles. The SMILES string of the molecule is COc1ccc(Cl)cc1-c1nc(SCC(=O)N2CCCCC2)n[nH]1. The van der Waals surface area contributed by atoms with Gasteiger partial charge in [0.2, 0.25) is 11.1 Å². The maximum absolute atomic E-state index is 12.2. The number of H-pyrrole nitrogens is 1. The Labute approximate surface area is 149 Å². The van der Waals surface area contributed by atoms with Crippen LogP contribution in [0.5, 0.6) is 5.75 Å². The normalized spacial score (nSPS) is 14.7. The number of aromatic nitrogens is 3. The van der Waals surface area contributed by atoms with Gasteiger partial charge in [0.05, 0.1) is 18.4 Å². The summed E-state index contributed by atoms with van der Waals surface area (Å²) >= 11 is 7.38. The third kappa shape index (κ3) is 4.02. The topological polar surface area (TPSA) is 71.1 Å². The minimum absolute atomic E-state index is 0.145. The van der Waals surface area contributed by atoms with Crippen molar-refractivity contribution in [2.24, 2.45) is 0 Å². The van der Waals surface area contributed by atoms with Gasteiger partial charge in [0.15, 0.2) is 5.82 Å². The Morgan fingerprint density at radius 2 is 2.17 bits per heavy atom. The molecule has 1 N–H and O–H groups in total. The number of halogens is 1. The van der Waals surface area contributed by atoms with Crippen LogP contribution < -0.4 is 4.74 Å². The van der Waals surface area contributed by atoms with Crippen molar-refractivity contribution in [1.82, 2.24) is 20.1 Å². The van der Waals surface area contributed by atoms with Crippen molar-refractivity contribution >= 4 is 29.3 Å². The van der Waals surface area contributed by atoms with Gasteiger partial charge in [-0.2, -0.15) is 0 Å². The number of thioether (sulfide) groups is 1. The van der Waals surface area contributed by atoms with Crippen LogP contribution in [0.4, 0.5) is 0 Å². The lowest BCUT2D eigenvalue weighted by molar-refractivity contribution is -0.129. The number of amides is 1. The molecule has 1 aromatic heterocycles. The number of carbonyl (C=O) groups excluding carboxylic acids is 1. The molecule has 3 rings (SSSR count). The molecule has 128 valence electrons. The lowest BCUT2D eigenvalue weighted by Gasteiger charge is -2.26. The Balaban J connectivity index is 1.65. The van der Waals surface area contributed by atoms with Crippen molar-refractivity contribution in [1.29, 1.82) is 0 Å². The molecule has 0 unspecified atom stereocenters. The minimum atomic E-state index is 0.145. The van der Waals surface area contributed by atoms with Gasteiger partial charge >= 0.3 is 0 Å². The van der Waals surface area contributed by atoms with E-state index in [9.17, 15) is 4.79 Å². The molecule has 2 heterocycles. The molecule has 1 aliphatic heterocycles. The molecular formula is C16H19ClN4O2S. The van der Waals surface area contributed by atoms with Crippen LogP contribution in [0.15, 0.2) is 23.4 Å². The maximum Gasteiger partial charge on any atom is 0.233 e. The van der Waals surface area contributed by atoms with Gasteiger partial charge < -0.3 is 9.64 Å². The molecule has 1 fully saturated rings. The van der Waals surface area contributed by atoms with E-state index in [1.54, 1.807) is 25.3 Å². The Bertz CT molecular complexity index is 716. The molecule has 1 amide bonds. The monoisotopic (exact) mass is 366 g/mol. The molecule has 0 spiro atoms. The van der Waals surface area contributed by atoms with E-state index in [4.69, 9.17) is 16.3 Å². The highest BCUT2D eigenvalue weighted by molar-refractivity contribution is 7.99. The van der Waals surface area contributed by atoms with E-state index in [0.717, 1.165) is 31.5 Å². The van der Waals surface area contributed by atoms with E-state index in [1.165, 1.54) is 18.2 Å². The number of piperidine rings is 1. The Morgan fingerprint density at radius 3 is 2.92 bits per heavy atom. The second-order valence-corrected chi connectivity index (χ2v) is 6.92. The predicted molar refractivity (Wildman–Crippen MR) is 94.5 cm³/mol. The van der Waals surface area contributed by atoms with Crippen LogP contribution in [0, 0.1) is 0 Å². The van der Waals surface area contributed by atoms with Crippen molar-refractivity contribution in [2.45, 2.75) is 24.4 Å². The molecule has 2 aromatic rings. The van der Waals surface area contributed by atoms with Crippen molar-refractivity contribution in [3.63, 3.8) is 0 Å². The molecule has 0 aliphatic carbocycles. The molecule has 1 aliphatic rings. The fourth-order valence-corrected chi connectivity index (χ4v) is 3.53. The summed E-state index contributed by atoms with van der Waals surface area (Å²) in [5, 5.41) is 8.19. The maximum atomic E-state index is 12.2. The second kappa shape index (κ2) is 7.90. The van der Waals surface area contributed by atoms with Crippen LogP contribution in [0.1, 0.15) is 19.3 Å². The summed E-state index contributed by atoms with van der Waals surface area (Å²) in [5.41, 5.74) is 0.742. The number of benzene rings is 1. The quantitative estimate of drug-likeness (QED) is 0.822. The van der Waals surface area contributed by atoms with E-state index < -0.39 is 0 Å². The van der Waals surface area contributed by atoms with Gasteiger partial charge in [-0.15, -0.1) is 5.10 Å². The Hall–Kier alpha value is -1.73. The first kappa shape index (κ1) is 17.1. The largest absolute Gasteiger partial charge is 0.496 e. The van der Waals surface area contributed by atoms with Gasteiger partial charge in [-0.25, -0.2) is 4.98 Å². The number of hydrogen-bond acceptors (Lipinski definition) is 5. The number of nitrogens with one attached hydrogen (secondary N) is 1. The summed E-state index contributed by atoms with van der Waals surface area (Å²) in [5.74, 6) is 1.73. The highest BCUT2D eigenvalue weighted by atomic mass is 35.5. The molecule has 24 heavy (non-hydrogen) atoms. The van der Waals surface area contributed by atoms with Crippen LogP contribution in [0.25, 0.3) is 11.4 Å². The van der Waals surface area contributed by atoms with Gasteiger partial charge in [0, 0.05) is 18.1 Å². The molecular weight excluding hydrogens is 348 g/mol. The van der Waals surface area contributed by atoms with Gasteiger partial charge in [-0.3, -0.25) is 9.89 Å². The number of likely N-dealkylation sites (tertiary alicyclic amines) is 1. The second-order valence-electron chi connectivity index (χ2n) is 5.54. The summed E-state index contributed by atoms with van der Waals surface area (Å²) in [6.07, 6.45) is 3.40. The minimum Gasteiger partial charge on any atom is -0.496 e. The highest BCUT2D eigenvalue weighted by Crippen LogP contribution is 2.31. The van der Waals surface area contributed by atoms with Crippen LogP contribution in [-0.2, 0) is 4.79 Å². The lowest BCUT2D eigenvalue weighted by Crippen LogP contribution is -2.36. The van der Waals surface area contributed by atoms with Crippen LogP contribution in [-0.4, -0.2) is 51.9 Å². The summed E-state index contributed by atoms with van der Waals surface area (Å²) in [7, 11) is 1.59. The lowest BCUT2D eigenvalue weighted by atomic mass is 10.1. The molecule has 1 saturated heterocycles. The number of hydrogen-bond donors (Lipinski definition) is 1. The summed E-state index contributed by atoms with van der Waals surface area (Å²) in [4.78, 5) is 18.6. The number of ether oxygens (including phenoxy) is 1. The van der Waals surface area contributed by atoms with Gasteiger partial charge in [-0.1, -0.05) is 23.4 Å². The van der Waals surface area contributed by atoms with Gasteiger partial charge in [0.1, 0.15) is 5.75 Å². The summed E-state index contributed by atoms with van der Waals surface area (Å²) < 4.78 is 5.33. The molecule has 8 heteroatoms. The molecule has 0 bridgehead atoms. The molecule has 0 saturated carbocycles. The van der Waals surface area contributed by atoms with E-state index in [1.807, 2.05) is 4.90 Å². The van der Waals surface area contributed by atoms with Crippen LogP contribution >= 0.6 is 23.4 Å². The highest BCUT2D eigenvalue weighted by Gasteiger charge is 2.18. The van der Waals surface area contributed by atoms with Crippen molar-refractivity contribution in [3.05, 3.63) is 23.2 Å². The molecule has 6 nitrogen and oxygen atoms in total. The number of nitrogens with zero attached hydrogens (tertiary/aromatic N) is 3. The van der Waals surface area contributed by atoms with Gasteiger partial charge in [0.25, 0.3) is 0 Å². The first-order valence-corrected chi connectivity index (χ1v) is 9.20. The third-order valence-corrected chi connectivity index (χ3v) is 4.98. The predicted octanol–water partition coefficient (Wildman–Crippen LogP) is 3.24. The number of carbonyl (C=O) groups is 1. The van der Waals surface area contributed by atoms with Crippen LogP contribution in [0.3, 0.4) is 0 Å². The smallest absolute Gasteiger partial charge is 0.233 e. The van der Waals surface area contributed by atoms with E-state index in [2.05, 4.69) is 15.2 Å². The van der Waals surface area contributed by atoms with E-state index in [-0.39, 0.29) is 5.91 Å². The van der Waals surface area contributed by atoms with Crippen molar-refractivity contribution in [3.8, 4) is 17.1 Å². The van der Waals surface area contributed by atoms with Crippen molar-refractivity contribution < 1.29 is 9.53 Å². The molecule has 0 atom stereocenters. The molecule has 0 radical (unpaired) electrons. The summed E-state index contributed by atoms with van der Waals surface area (Å²) in [6.45, 7) is 1.72. The average molecular weight is 367 g/mol. The number of aromatic amines is 1. The van der Waals surface area contributed by atoms with Crippen LogP contribution in [0.2, 0.25) is 5.02 Å². The zero-order valence-electron chi connectivity index (χ0n) is 13.4.